The molecule has 4 nitrogen and oxygen atoms in total. The molecule has 4 unspecified atom stereocenters. The van der Waals surface area contributed by atoms with Crippen LogP contribution in [0.5, 0.6) is 0 Å². The molecule has 1 heterocycles. The normalized spacial score (nSPS) is 26.4. The van der Waals surface area contributed by atoms with Gasteiger partial charge in [0.25, 0.3) is 0 Å². The van der Waals surface area contributed by atoms with Crippen molar-refractivity contribution in [2.75, 3.05) is 5.75 Å². The van der Waals surface area contributed by atoms with E-state index in [4.69, 9.17) is 0 Å². The minimum atomic E-state index is -0.374. The maximum Gasteiger partial charge on any atom is 0.226 e. The molecular weight excluding hydrogens is 377 g/mol. The molecule has 1 N–H and O–H groups in total. The van der Waals surface area contributed by atoms with Gasteiger partial charge in [0.2, 0.25) is 5.91 Å². The summed E-state index contributed by atoms with van der Waals surface area (Å²) in [5, 5.41) is 4.59. The van der Waals surface area contributed by atoms with Crippen LogP contribution in [0.3, 0.4) is 0 Å². The molecule has 0 radical (unpaired) electrons. The molecule has 1 aromatic rings. The second-order valence-electron chi connectivity index (χ2n) is 7.12. The molecule has 0 aromatic heterocycles. The van der Waals surface area contributed by atoms with Crippen LogP contribution in [0.4, 0.5) is 0 Å². The molecule has 0 bridgehead atoms. The van der Waals surface area contributed by atoms with Crippen molar-refractivity contribution in [3.8, 4) is 0 Å². The largest absolute Gasteiger partial charge is 0.340 e. The summed E-state index contributed by atoms with van der Waals surface area (Å²) < 4.78 is 0. The van der Waals surface area contributed by atoms with Crippen LogP contribution in [0, 0.1) is 17.8 Å². The number of carbonyl (C=O) groups excluding carboxylic acids is 3. The maximum atomic E-state index is 13.0. The highest BCUT2D eigenvalue weighted by Crippen LogP contribution is 2.24. The van der Waals surface area contributed by atoms with E-state index in [2.05, 4.69) is 14.5 Å². The topological polar surface area (TPSA) is 63.2 Å². The monoisotopic (exact) mass is 405 g/mol. The zero-order valence-electron chi connectivity index (χ0n) is 15.7. The smallest absolute Gasteiger partial charge is 0.226 e. The standard InChI is InChI=1S/C21H28NO3PS/c1-15-14-27-10-6-5-9-17(21(25)22-26)12-20(24)18(13-19(15)23)11-16-7-3-2-4-8-16/h2-4,6-8,10,15,17-18H,5,9,11-14,26H2,1H3,(H,22,25)/b10-6-. The zero-order chi connectivity index (χ0) is 19.6. The number of allylic oxidation sites excluding steroid dienone is 1. The molecule has 0 saturated heterocycles. The van der Waals surface area contributed by atoms with Gasteiger partial charge >= 0.3 is 0 Å². The van der Waals surface area contributed by atoms with Gasteiger partial charge in [0, 0.05) is 36.3 Å². The van der Waals surface area contributed by atoms with E-state index in [1.54, 1.807) is 11.8 Å². The molecule has 6 heteroatoms. The first kappa shape index (κ1) is 21.8. The summed E-state index contributed by atoms with van der Waals surface area (Å²) in [6.45, 7) is 1.93. The first-order valence-corrected chi connectivity index (χ1v) is 11.0. The molecule has 4 atom stereocenters. The van der Waals surface area contributed by atoms with Gasteiger partial charge in [0.1, 0.15) is 11.6 Å². The second kappa shape index (κ2) is 11.4. The Balaban J connectivity index is 2.22. The molecule has 0 saturated carbocycles. The lowest BCUT2D eigenvalue weighted by atomic mass is 9.83. The Morgan fingerprint density at radius 1 is 1.19 bits per heavy atom. The third kappa shape index (κ3) is 7.23. The van der Waals surface area contributed by atoms with Crippen LogP contribution in [0.1, 0.15) is 38.2 Å². The van der Waals surface area contributed by atoms with Gasteiger partial charge in [-0.15, -0.1) is 11.8 Å². The van der Waals surface area contributed by atoms with Crippen molar-refractivity contribution in [3.05, 3.63) is 47.4 Å². The lowest BCUT2D eigenvalue weighted by Gasteiger charge is -2.20. The number of hydrogen-bond donors (Lipinski definition) is 1. The number of carbonyl (C=O) groups is 3. The Morgan fingerprint density at radius 3 is 2.63 bits per heavy atom. The van der Waals surface area contributed by atoms with Crippen molar-refractivity contribution in [3.63, 3.8) is 0 Å². The first-order valence-electron chi connectivity index (χ1n) is 9.37. The van der Waals surface area contributed by atoms with Gasteiger partial charge < -0.3 is 5.09 Å². The van der Waals surface area contributed by atoms with Gasteiger partial charge in [0.05, 0.1) is 0 Å². The highest BCUT2D eigenvalue weighted by atomic mass is 32.2. The maximum absolute atomic E-state index is 13.0. The van der Waals surface area contributed by atoms with Gasteiger partial charge in [-0.1, -0.05) is 43.3 Å². The molecule has 0 aliphatic carbocycles. The van der Waals surface area contributed by atoms with Crippen molar-refractivity contribution < 1.29 is 14.4 Å². The number of rotatable bonds is 3. The van der Waals surface area contributed by atoms with Crippen LogP contribution in [-0.4, -0.2) is 23.2 Å². The third-order valence-electron chi connectivity index (χ3n) is 4.96. The van der Waals surface area contributed by atoms with E-state index in [1.165, 1.54) is 0 Å². The van der Waals surface area contributed by atoms with Crippen LogP contribution < -0.4 is 5.09 Å². The number of benzene rings is 1. The predicted molar refractivity (Wildman–Crippen MR) is 114 cm³/mol. The van der Waals surface area contributed by atoms with Gasteiger partial charge in [-0.05, 0) is 39.6 Å². The highest BCUT2D eigenvalue weighted by Gasteiger charge is 2.29. The molecule has 27 heavy (non-hydrogen) atoms. The number of thioether (sulfide) groups is 1. The molecule has 0 fully saturated rings. The average molecular weight is 406 g/mol. The predicted octanol–water partition coefficient (Wildman–Crippen LogP) is 3.96. The third-order valence-corrected chi connectivity index (χ3v) is 6.32. The molecule has 1 aromatic carbocycles. The highest BCUT2D eigenvalue weighted by molar-refractivity contribution is 8.02. The molecular formula is C21H28NO3PS. The lowest BCUT2D eigenvalue weighted by molar-refractivity contribution is -0.132. The van der Waals surface area contributed by atoms with E-state index in [1.807, 2.05) is 48.7 Å². The number of nitrogens with one attached hydrogen (secondary N) is 1. The fourth-order valence-electron chi connectivity index (χ4n) is 3.22. The van der Waals surface area contributed by atoms with Crippen LogP contribution in [-0.2, 0) is 20.8 Å². The zero-order valence-corrected chi connectivity index (χ0v) is 17.7. The second-order valence-corrected chi connectivity index (χ2v) is 8.34. The average Bonchev–Trinajstić information content (AvgIpc) is 2.69. The number of ketones is 2. The van der Waals surface area contributed by atoms with E-state index in [0.717, 1.165) is 17.7 Å². The van der Waals surface area contributed by atoms with Crippen molar-refractivity contribution in [2.45, 2.75) is 39.0 Å². The summed E-state index contributed by atoms with van der Waals surface area (Å²) in [5.41, 5.74) is 1.05. The fraction of sp³-hybridized carbons (Fsp3) is 0.476. The van der Waals surface area contributed by atoms with E-state index >= 15 is 0 Å². The van der Waals surface area contributed by atoms with E-state index in [0.29, 0.717) is 12.8 Å². The van der Waals surface area contributed by atoms with Crippen molar-refractivity contribution in [2.24, 2.45) is 17.8 Å². The van der Waals surface area contributed by atoms with Crippen LogP contribution in [0.25, 0.3) is 0 Å². The molecule has 146 valence electrons. The van der Waals surface area contributed by atoms with E-state index in [9.17, 15) is 14.4 Å². The van der Waals surface area contributed by atoms with E-state index in [-0.39, 0.29) is 48.1 Å². The quantitative estimate of drug-likeness (QED) is 0.773. The summed E-state index contributed by atoms with van der Waals surface area (Å²) in [7, 11) is 2.22. The lowest BCUT2D eigenvalue weighted by Crippen LogP contribution is -2.30. The Hall–Kier alpha value is -1.45. The summed E-state index contributed by atoms with van der Waals surface area (Å²) in [6.07, 6.45) is 4.36. The number of Topliss-reactive ketones (excluding diaryl/α,β-unsaturated/α-hetero) is 2. The fourth-order valence-corrected chi connectivity index (χ4v) is 4.32. The summed E-state index contributed by atoms with van der Waals surface area (Å²) in [5.74, 6) is -0.112. The van der Waals surface area contributed by atoms with Crippen LogP contribution >= 0.6 is 21.2 Å². The Kier molecular flexibility index (Phi) is 9.23. The molecule has 1 aliphatic heterocycles. The molecule has 1 amide bonds. The van der Waals surface area contributed by atoms with Crippen LogP contribution in [0.2, 0.25) is 0 Å². The Labute approximate surface area is 168 Å². The SMILES string of the molecule is CC1CS/C=C\CCC(C(=O)NP)CC(=O)C(Cc2ccccc2)CC1=O. The summed E-state index contributed by atoms with van der Waals surface area (Å²) in [6, 6.07) is 9.78. The van der Waals surface area contributed by atoms with Crippen molar-refractivity contribution >= 4 is 38.6 Å². The van der Waals surface area contributed by atoms with Crippen LogP contribution in [0.15, 0.2) is 41.8 Å². The van der Waals surface area contributed by atoms with Crippen molar-refractivity contribution in [1.82, 2.24) is 5.09 Å². The Morgan fingerprint density at radius 2 is 1.93 bits per heavy atom. The van der Waals surface area contributed by atoms with Gasteiger partial charge in [-0.3, -0.25) is 14.4 Å². The summed E-state index contributed by atoms with van der Waals surface area (Å²) >= 11 is 1.62. The molecule has 0 spiro atoms. The van der Waals surface area contributed by atoms with Crippen molar-refractivity contribution in [1.29, 1.82) is 0 Å². The minimum absolute atomic E-state index is 0.00822. The molecule has 2 rings (SSSR count). The van der Waals surface area contributed by atoms with Gasteiger partial charge in [-0.2, -0.15) is 0 Å². The number of hydrogen-bond acceptors (Lipinski definition) is 4. The summed E-state index contributed by atoms with van der Waals surface area (Å²) in [4.78, 5) is 37.9. The van der Waals surface area contributed by atoms with Gasteiger partial charge in [0.15, 0.2) is 0 Å². The first-order chi connectivity index (χ1) is 13.0. The molecule has 1 aliphatic rings. The minimum Gasteiger partial charge on any atom is -0.340 e. The Bertz CT molecular complexity index is 677. The van der Waals surface area contributed by atoms with E-state index < -0.39 is 0 Å². The van der Waals surface area contributed by atoms with Gasteiger partial charge in [-0.25, -0.2) is 0 Å². The number of amides is 1.